The molecule has 136 valence electrons. The number of halogens is 2. The lowest BCUT2D eigenvalue weighted by molar-refractivity contribution is -0.129. The van der Waals surface area contributed by atoms with Crippen LogP contribution in [0.25, 0.3) is 10.9 Å². The number of benzene rings is 1. The predicted octanol–water partition coefficient (Wildman–Crippen LogP) is 3.61. The van der Waals surface area contributed by atoms with Crippen LogP contribution in [0.5, 0.6) is 0 Å². The molecule has 0 N–H and O–H groups in total. The first-order valence-corrected chi connectivity index (χ1v) is 8.36. The van der Waals surface area contributed by atoms with Crippen LogP contribution < -0.4 is 0 Å². The first kappa shape index (κ1) is 18.0. The van der Waals surface area contributed by atoms with Gasteiger partial charge in [-0.2, -0.15) is 0 Å². The van der Waals surface area contributed by atoms with Crippen molar-refractivity contribution in [2.75, 3.05) is 14.1 Å². The Morgan fingerprint density at radius 1 is 1.23 bits per heavy atom. The molecular weight excluding hydrogens is 336 g/mol. The predicted molar refractivity (Wildman–Crippen MR) is 97.1 cm³/mol. The van der Waals surface area contributed by atoms with E-state index in [1.807, 2.05) is 22.9 Å². The monoisotopic (exact) mass is 357 g/mol. The number of aromatic nitrogens is 2. The van der Waals surface area contributed by atoms with E-state index in [4.69, 9.17) is 0 Å². The summed E-state index contributed by atoms with van der Waals surface area (Å²) >= 11 is 0. The van der Waals surface area contributed by atoms with Gasteiger partial charge in [-0.15, -0.1) is 0 Å². The summed E-state index contributed by atoms with van der Waals surface area (Å²) in [6, 6.07) is 4.98. The highest BCUT2D eigenvalue weighted by Crippen LogP contribution is 2.26. The Morgan fingerprint density at radius 2 is 1.96 bits per heavy atom. The van der Waals surface area contributed by atoms with Gasteiger partial charge >= 0.3 is 0 Å². The van der Waals surface area contributed by atoms with E-state index >= 15 is 0 Å². The Morgan fingerprint density at radius 3 is 2.65 bits per heavy atom. The minimum atomic E-state index is -0.830. The summed E-state index contributed by atoms with van der Waals surface area (Å²) in [5.41, 5.74) is 3.41. The molecule has 0 aliphatic rings. The van der Waals surface area contributed by atoms with Gasteiger partial charge < -0.3 is 9.47 Å². The van der Waals surface area contributed by atoms with Gasteiger partial charge in [0.25, 0.3) is 0 Å². The molecule has 26 heavy (non-hydrogen) atoms. The summed E-state index contributed by atoms with van der Waals surface area (Å²) in [5.74, 6) is -1.65. The van der Waals surface area contributed by atoms with Crippen molar-refractivity contribution in [3.05, 3.63) is 64.6 Å². The second-order valence-corrected chi connectivity index (χ2v) is 6.69. The normalized spacial score (nSPS) is 11.2. The van der Waals surface area contributed by atoms with Crippen molar-refractivity contribution in [2.24, 2.45) is 0 Å². The highest BCUT2D eigenvalue weighted by atomic mass is 19.2. The van der Waals surface area contributed by atoms with Gasteiger partial charge in [0.1, 0.15) is 6.54 Å². The van der Waals surface area contributed by atoms with Gasteiger partial charge in [0.2, 0.25) is 5.91 Å². The molecule has 1 aromatic carbocycles. The summed E-state index contributed by atoms with van der Waals surface area (Å²) in [6.45, 7) is 3.59. The Kier molecular flexibility index (Phi) is 4.76. The molecule has 4 nitrogen and oxygen atoms in total. The lowest BCUT2D eigenvalue weighted by Crippen LogP contribution is -2.25. The number of likely N-dealkylation sites (N-methyl/N-ethyl adjacent to an activating group) is 1. The number of carbonyl (C=O) groups excluding carboxylic acids is 1. The summed E-state index contributed by atoms with van der Waals surface area (Å²) in [7, 11) is 3.44. The third-order valence-electron chi connectivity index (χ3n) is 4.74. The number of hydrogen-bond donors (Lipinski definition) is 0. The average molecular weight is 357 g/mol. The maximum Gasteiger partial charge on any atom is 0.241 e. The van der Waals surface area contributed by atoms with Gasteiger partial charge in [-0.3, -0.25) is 9.78 Å². The SMILES string of the molecule is Cc1cc(F)c(F)c(C)c1Cc1nccc2c1ccn2CC(=O)N(C)C. The van der Waals surface area contributed by atoms with Crippen molar-refractivity contribution < 1.29 is 13.6 Å². The fourth-order valence-corrected chi connectivity index (χ4v) is 3.14. The van der Waals surface area contributed by atoms with Gasteiger partial charge in [-0.05, 0) is 48.7 Å². The second kappa shape index (κ2) is 6.86. The number of fused-ring (bicyclic) bond motifs is 1. The zero-order chi connectivity index (χ0) is 19.0. The number of rotatable bonds is 4. The topological polar surface area (TPSA) is 38.1 Å². The molecule has 0 fully saturated rings. The fraction of sp³-hybridized carbons (Fsp3) is 0.300. The molecule has 0 saturated carbocycles. The van der Waals surface area contributed by atoms with Crippen LogP contribution in [-0.2, 0) is 17.8 Å². The van der Waals surface area contributed by atoms with E-state index in [1.54, 1.807) is 39.0 Å². The quantitative estimate of drug-likeness (QED) is 0.715. The molecule has 0 atom stereocenters. The molecule has 0 spiro atoms. The molecule has 6 heteroatoms. The first-order valence-electron chi connectivity index (χ1n) is 8.36. The van der Waals surface area contributed by atoms with Crippen molar-refractivity contribution in [2.45, 2.75) is 26.8 Å². The summed E-state index contributed by atoms with van der Waals surface area (Å²) in [4.78, 5) is 18.0. The molecule has 2 heterocycles. The van der Waals surface area contributed by atoms with Crippen LogP contribution >= 0.6 is 0 Å². The number of nitrogens with zero attached hydrogens (tertiary/aromatic N) is 3. The zero-order valence-electron chi connectivity index (χ0n) is 15.3. The number of amides is 1. The number of aryl methyl sites for hydroxylation is 1. The van der Waals surface area contributed by atoms with Crippen molar-refractivity contribution >= 4 is 16.8 Å². The Bertz CT molecular complexity index is 992. The Labute approximate surface area is 151 Å². The largest absolute Gasteiger partial charge is 0.347 e. The summed E-state index contributed by atoms with van der Waals surface area (Å²) < 4.78 is 29.4. The maximum atomic E-state index is 14.0. The number of carbonyl (C=O) groups is 1. The maximum absolute atomic E-state index is 14.0. The van der Waals surface area contributed by atoms with Gasteiger partial charge in [-0.1, -0.05) is 0 Å². The molecule has 3 aromatic rings. The van der Waals surface area contributed by atoms with Gasteiger partial charge in [-0.25, -0.2) is 8.78 Å². The lowest BCUT2D eigenvalue weighted by atomic mass is 9.96. The van der Waals surface area contributed by atoms with Crippen LogP contribution in [0.4, 0.5) is 8.78 Å². The fourth-order valence-electron chi connectivity index (χ4n) is 3.14. The molecule has 0 radical (unpaired) electrons. The third-order valence-corrected chi connectivity index (χ3v) is 4.74. The molecule has 0 unspecified atom stereocenters. The Balaban J connectivity index is 2.02. The van der Waals surface area contributed by atoms with Crippen LogP contribution in [0.3, 0.4) is 0 Å². The minimum Gasteiger partial charge on any atom is -0.347 e. The summed E-state index contributed by atoms with van der Waals surface area (Å²) in [6.07, 6.45) is 3.93. The highest BCUT2D eigenvalue weighted by Gasteiger charge is 2.16. The van der Waals surface area contributed by atoms with Crippen LogP contribution in [0, 0.1) is 25.5 Å². The summed E-state index contributed by atoms with van der Waals surface area (Å²) in [5, 5.41) is 0.905. The molecule has 0 saturated heterocycles. The standard InChI is InChI=1S/C20H21F2N3O/c1-12-9-16(21)20(22)13(2)15(12)10-17-14-6-8-25(11-19(26)24(3)4)18(14)5-7-23-17/h5-9H,10-11H2,1-4H3. The van der Waals surface area contributed by atoms with Gasteiger partial charge in [0.15, 0.2) is 11.6 Å². The molecule has 0 aliphatic carbocycles. The number of pyridine rings is 1. The smallest absolute Gasteiger partial charge is 0.241 e. The lowest BCUT2D eigenvalue weighted by Gasteiger charge is -2.13. The molecule has 2 aromatic heterocycles. The number of hydrogen-bond acceptors (Lipinski definition) is 2. The van der Waals surface area contributed by atoms with Crippen molar-refractivity contribution in [1.29, 1.82) is 0 Å². The Hall–Kier alpha value is -2.76. The van der Waals surface area contributed by atoms with E-state index in [0.717, 1.165) is 22.2 Å². The van der Waals surface area contributed by atoms with E-state index in [-0.39, 0.29) is 12.5 Å². The second-order valence-electron chi connectivity index (χ2n) is 6.69. The third kappa shape index (κ3) is 3.19. The van der Waals surface area contributed by atoms with Crippen molar-refractivity contribution in [1.82, 2.24) is 14.5 Å². The zero-order valence-corrected chi connectivity index (χ0v) is 15.3. The van der Waals surface area contributed by atoms with Gasteiger partial charge in [0.05, 0.1) is 11.2 Å². The highest BCUT2D eigenvalue weighted by molar-refractivity contribution is 5.85. The van der Waals surface area contributed by atoms with Crippen LogP contribution in [0.1, 0.15) is 22.4 Å². The van der Waals surface area contributed by atoms with Gasteiger partial charge in [0, 0.05) is 38.3 Å². The molecular formula is C20H21F2N3O. The van der Waals surface area contributed by atoms with Crippen molar-refractivity contribution in [3.63, 3.8) is 0 Å². The average Bonchev–Trinajstić information content (AvgIpc) is 3.00. The van der Waals surface area contributed by atoms with Crippen LogP contribution in [0.15, 0.2) is 30.6 Å². The first-order chi connectivity index (χ1) is 12.3. The molecule has 0 bridgehead atoms. The van der Waals surface area contributed by atoms with E-state index in [0.29, 0.717) is 17.5 Å². The van der Waals surface area contributed by atoms with Crippen LogP contribution in [-0.4, -0.2) is 34.5 Å². The van der Waals surface area contributed by atoms with E-state index in [1.165, 1.54) is 6.07 Å². The van der Waals surface area contributed by atoms with E-state index in [2.05, 4.69) is 4.98 Å². The molecule has 0 aliphatic heterocycles. The molecule has 1 amide bonds. The molecule has 3 rings (SSSR count). The van der Waals surface area contributed by atoms with Crippen molar-refractivity contribution in [3.8, 4) is 0 Å². The van der Waals surface area contributed by atoms with E-state index in [9.17, 15) is 13.6 Å². The van der Waals surface area contributed by atoms with E-state index < -0.39 is 11.6 Å². The van der Waals surface area contributed by atoms with Crippen LogP contribution in [0.2, 0.25) is 0 Å². The minimum absolute atomic E-state index is 0.00634.